The molecule has 0 heterocycles. The van der Waals surface area contributed by atoms with Gasteiger partial charge in [-0.3, -0.25) is 14.5 Å². The van der Waals surface area contributed by atoms with Crippen molar-refractivity contribution in [3.63, 3.8) is 0 Å². The van der Waals surface area contributed by atoms with Gasteiger partial charge < -0.3 is 4.90 Å². The van der Waals surface area contributed by atoms with E-state index in [1.54, 1.807) is 19.0 Å². The summed E-state index contributed by atoms with van der Waals surface area (Å²) in [5.74, 6) is 0.625. The SMILES string of the molecule is CCN(CC(=O)C1CCCC1)CC(=O)N(C)C. The predicted molar refractivity (Wildman–Crippen MR) is 67.8 cm³/mol. The lowest BCUT2D eigenvalue weighted by molar-refractivity contribution is -0.131. The zero-order chi connectivity index (χ0) is 12.8. The van der Waals surface area contributed by atoms with Gasteiger partial charge in [-0.2, -0.15) is 0 Å². The summed E-state index contributed by atoms with van der Waals surface area (Å²) in [5, 5.41) is 0. The molecule has 1 fully saturated rings. The number of Topliss-reactive ketones (excluding diaryl/α,β-unsaturated/α-hetero) is 1. The Morgan fingerprint density at radius 1 is 1.12 bits per heavy atom. The highest BCUT2D eigenvalue weighted by molar-refractivity contribution is 5.84. The van der Waals surface area contributed by atoms with Gasteiger partial charge in [-0.15, -0.1) is 0 Å². The number of carbonyl (C=O) groups is 2. The van der Waals surface area contributed by atoms with Gasteiger partial charge >= 0.3 is 0 Å². The summed E-state index contributed by atoms with van der Waals surface area (Å²) in [5.41, 5.74) is 0. The molecule has 17 heavy (non-hydrogen) atoms. The lowest BCUT2D eigenvalue weighted by Gasteiger charge is -2.22. The Balaban J connectivity index is 2.40. The first-order valence-electron chi connectivity index (χ1n) is 6.49. The van der Waals surface area contributed by atoms with Gasteiger partial charge in [-0.05, 0) is 19.4 Å². The Bertz CT molecular complexity index is 271. The van der Waals surface area contributed by atoms with E-state index < -0.39 is 0 Å². The zero-order valence-electron chi connectivity index (χ0n) is 11.2. The topological polar surface area (TPSA) is 40.6 Å². The van der Waals surface area contributed by atoms with E-state index in [9.17, 15) is 9.59 Å². The van der Waals surface area contributed by atoms with E-state index in [-0.39, 0.29) is 11.8 Å². The quantitative estimate of drug-likeness (QED) is 0.699. The van der Waals surface area contributed by atoms with Crippen LogP contribution in [0.15, 0.2) is 0 Å². The van der Waals surface area contributed by atoms with Gasteiger partial charge in [0.05, 0.1) is 13.1 Å². The Morgan fingerprint density at radius 2 is 1.71 bits per heavy atom. The molecule has 1 aliphatic rings. The minimum atomic E-state index is 0.0612. The van der Waals surface area contributed by atoms with Gasteiger partial charge in [0.1, 0.15) is 5.78 Å². The molecular weight excluding hydrogens is 216 g/mol. The number of amides is 1. The molecule has 0 radical (unpaired) electrons. The molecule has 0 aromatic rings. The molecule has 4 heteroatoms. The number of likely N-dealkylation sites (N-methyl/N-ethyl adjacent to an activating group) is 2. The van der Waals surface area contributed by atoms with Crippen molar-refractivity contribution in [2.24, 2.45) is 5.92 Å². The van der Waals surface area contributed by atoms with Gasteiger partial charge in [0.25, 0.3) is 0 Å². The smallest absolute Gasteiger partial charge is 0.236 e. The summed E-state index contributed by atoms with van der Waals surface area (Å²) in [4.78, 5) is 27.1. The van der Waals surface area contributed by atoms with Crippen LogP contribution in [0.2, 0.25) is 0 Å². The summed E-state index contributed by atoms with van der Waals surface area (Å²) >= 11 is 0. The van der Waals surface area contributed by atoms with Crippen LogP contribution in [0.25, 0.3) is 0 Å². The Hall–Kier alpha value is -0.900. The molecule has 1 amide bonds. The van der Waals surface area contributed by atoms with Gasteiger partial charge in [0.2, 0.25) is 5.91 Å². The molecule has 1 saturated carbocycles. The van der Waals surface area contributed by atoms with Crippen LogP contribution in [0.4, 0.5) is 0 Å². The van der Waals surface area contributed by atoms with E-state index in [1.807, 2.05) is 11.8 Å². The fraction of sp³-hybridized carbons (Fsp3) is 0.846. The number of rotatable bonds is 6. The van der Waals surface area contributed by atoms with Crippen molar-refractivity contribution in [3.8, 4) is 0 Å². The van der Waals surface area contributed by atoms with Crippen molar-refractivity contribution in [2.45, 2.75) is 32.6 Å². The minimum Gasteiger partial charge on any atom is -0.348 e. The third kappa shape index (κ3) is 4.46. The van der Waals surface area contributed by atoms with E-state index in [0.717, 1.165) is 19.4 Å². The van der Waals surface area contributed by atoms with Crippen LogP contribution in [0.1, 0.15) is 32.6 Å². The lowest BCUT2D eigenvalue weighted by Crippen LogP contribution is -2.40. The van der Waals surface area contributed by atoms with E-state index in [4.69, 9.17) is 0 Å². The van der Waals surface area contributed by atoms with Crippen LogP contribution in [-0.2, 0) is 9.59 Å². The normalized spacial score (nSPS) is 16.5. The van der Waals surface area contributed by atoms with Gasteiger partial charge in [-0.1, -0.05) is 19.8 Å². The number of hydrogen-bond acceptors (Lipinski definition) is 3. The first kappa shape index (κ1) is 14.2. The van der Waals surface area contributed by atoms with Crippen molar-refractivity contribution in [1.29, 1.82) is 0 Å². The molecule has 98 valence electrons. The molecule has 4 nitrogen and oxygen atoms in total. The largest absolute Gasteiger partial charge is 0.348 e. The number of nitrogens with zero attached hydrogens (tertiary/aromatic N) is 2. The van der Waals surface area contributed by atoms with Gasteiger partial charge in [0, 0.05) is 20.0 Å². The standard InChI is InChI=1S/C13H24N2O2/c1-4-15(10-13(17)14(2)3)9-12(16)11-7-5-6-8-11/h11H,4-10H2,1-3H3. The van der Waals surface area contributed by atoms with Gasteiger partial charge in [0.15, 0.2) is 0 Å². The average Bonchev–Trinajstić information content (AvgIpc) is 2.81. The van der Waals surface area contributed by atoms with E-state index in [1.165, 1.54) is 12.8 Å². The molecule has 1 rings (SSSR count). The second-order valence-electron chi connectivity index (χ2n) is 5.04. The summed E-state index contributed by atoms with van der Waals surface area (Å²) < 4.78 is 0. The molecule has 0 aromatic carbocycles. The van der Waals surface area contributed by atoms with Gasteiger partial charge in [-0.25, -0.2) is 0 Å². The minimum absolute atomic E-state index is 0.0612. The fourth-order valence-corrected chi connectivity index (χ4v) is 2.21. The third-order valence-corrected chi connectivity index (χ3v) is 3.49. The summed E-state index contributed by atoms with van der Waals surface area (Å²) in [6.45, 7) is 3.52. The second kappa shape index (κ2) is 6.74. The summed E-state index contributed by atoms with van der Waals surface area (Å²) in [6, 6.07) is 0. The monoisotopic (exact) mass is 240 g/mol. The number of ketones is 1. The summed E-state index contributed by atoms with van der Waals surface area (Å²) in [7, 11) is 3.49. The maximum atomic E-state index is 12.0. The molecule has 0 N–H and O–H groups in total. The van der Waals surface area contributed by atoms with Crippen molar-refractivity contribution >= 4 is 11.7 Å². The molecule has 0 unspecified atom stereocenters. The highest BCUT2D eigenvalue weighted by Gasteiger charge is 2.24. The average molecular weight is 240 g/mol. The molecule has 1 aliphatic carbocycles. The molecule has 0 aliphatic heterocycles. The molecule has 0 aromatic heterocycles. The molecular formula is C13H24N2O2. The highest BCUT2D eigenvalue weighted by Crippen LogP contribution is 2.25. The van der Waals surface area contributed by atoms with Crippen LogP contribution in [-0.4, -0.2) is 55.2 Å². The van der Waals surface area contributed by atoms with Crippen molar-refractivity contribution in [3.05, 3.63) is 0 Å². The van der Waals surface area contributed by atoms with Crippen LogP contribution in [0.5, 0.6) is 0 Å². The second-order valence-corrected chi connectivity index (χ2v) is 5.04. The number of hydrogen-bond donors (Lipinski definition) is 0. The van der Waals surface area contributed by atoms with Crippen LogP contribution < -0.4 is 0 Å². The Morgan fingerprint density at radius 3 is 2.18 bits per heavy atom. The van der Waals surface area contributed by atoms with Crippen LogP contribution >= 0.6 is 0 Å². The molecule has 0 spiro atoms. The zero-order valence-corrected chi connectivity index (χ0v) is 11.2. The van der Waals surface area contributed by atoms with Crippen LogP contribution in [0.3, 0.4) is 0 Å². The van der Waals surface area contributed by atoms with Crippen molar-refractivity contribution in [2.75, 3.05) is 33.7 Å². The van der Waals surface area contributed by atoms with Crippen molar-refractivity contribution < 1.29 is 9.59 Å². The molecule has 0 saturated heterocycles. The predicted octanol–water partition coefficient (Wildman–Crippen LogP) is 1.16. The highest BCUT2D eigenvalue weighted by atomic mass is 16.2. The Kier molecular flexibility index (Phi) is 5.62. The maximum absolute atomic E-state index is 12.0. The maximum Gasteiger partial charge on any atom is 0.236 e. The van der Waals surface area contributed by atoms with Crippen molar-refractivity contribution in [1.82, 2.24) is 9.80 Å². The van der Waals surface area contributed by atoms with E-state index in [2.05, 4.69) is 0 Å². The first-order chi connectivity index (χ1) is 8.04. The number of carbonyl (C=O) groups excluding carboxylic acids is 2. The Labute approximate surface area is 104 Å². The molecule has 0 bridgehead atoms. The van der Waals surface area contributed by atoms with E-state index in [0.29, 0.717) is 18.9 Å². The van der Waals surface area contributed by atoms with Crippen LogP contribution in [0, 0.1) is 5.92 Å². The van der Waals surface area contributed by atoms with E-state index >= 15 is 0 Å². The fourth-order valence-electron chi connectivity index (χ4n) is 2.21. The molecule has 0 atom stereocenters. The third-order valence-electron chi connectivity index (χ3n) is 3.49. The summed E-state index contributed by atoms with van der Waals surface area (Å²) in [6.07, 6.45) is 4.44. The lowest BCUT2D eigenvalue weighted by atomic mass is 10.0. The first-order valence-corrected chi connectivity index (χ1v) is 6.49.